The van der Waals surface area contributed by atoms with E-state index in [1.165, 1.54) is 12.5 Å². The lowest BCUT2D eigenvalue weighted by atomic mass is 9.95. The van der Waals surface area contributed by atoms with Gasteiger partial charge in [-0.2, -0.15) is 0 Å². The van der Waals surface area contributed by atoms with Gasteiger partial charge in [-0.3, -0.25) is 9.59 Å². The van der Waals surface area contributed by atoms with Crippen molar-refractivity contribution in [2.45, 2.75) is 73.1 Å². The molecule has 1 atom stereocenters. The number of aliphatic hydroxyl groups is 1. The van der Waals surface area contributed by atoms with Gasteiger partial charge in [0.25, 0.3) is 0 Å². The first-order chi connectivity index (χ1) is 12.3. The van der Waals surface area contributed by atoms with Gasteiger partial charge in [0.2, 0.25) is 0 Å². The predicted molar refractivity (Wildman–Crippen MR) is 107 cm³/mol. The highest BCUT2D eigenvalue weighted by molar-refractivity contribution is 5.82. The molecule has 148 valence electrons. The molecule has 0 bridgehead atoms. The monoisotopic (exact) mass is 364 g/mol. The average Bonchev–Trinajstić information content (AvgIpc) is 2.56. The van der Waals surface area contributed by atoms with E-state index in [1.54, 1.807) is 6.08 Å². The van der Waals surface area contributed by atoms with Gasteiger partial charge in [-0.25, -0.2) is 0 Å². The number of Topliss-reactive ketones (excluding diaryl/α,β-unsaturated/α-hetero) is 1. The second-order valence-electron chi connectivity index (χ2n) is 7.16. The number of esters is 1. The molecule has 4 nitrogen and oxygen atoms in total. The summed E-state index contributed by atoms with van der Waals surface area (Å²) in [7, 11) is 0. The topological polar surface area (TPSA) is 63.6 Å². The van der Waals surface area contributed by atoms with E-state index in [1.807, 2.05) is 33.8 Å². The first kappa shape index (κ1) is 24.3. The molecule has 0 aromatic rings. The van der Waals surface area contributed by atoms with Crippen molar-refractivity contribution in [3.05, 3.63) is 34.9 Å². The molecule has 1 unspecified atom stereocenters. The van der Waals surface area contributed by atoms with Gasteiger partial charge in [0.1, 0.15) is 12.4 Å². The van der Waals surface area contributed by atoms with Crippen LogP contribution in [0.3, 0.4) is 0 Å². The predicted octanol–water partition coefficient (Wildman–Crippen LogP) is 4.93. The van der Waals surface area contributed by atoms with Crippen molar-refractivity contribution in [2.75, 3.05) is 13.2 Å². The van der Waals surface area contributed by atoms with E-state index in [2.05, 4.69) is 6.08 Å². The van der Waals surface area contributed by atoms with Crippen molar-refractivity contribution >= 4 is 11.8 Å². The van der Waals surface area contributed by atoms with Crippen LogP contribution in [0.1, 0.15) is 73.1 Å². The van der Waals surface area contributed by atoms with Gasteiger partial charge in [-0.1, -0.05) is 36.3 Å². The van der Waals surface area contributed by atoms with Crippen LogP contribution in [0, 0.1) is 5.92 Å². The van der Waals surface area contributed by atoms with Crippen LogP contribution in [-0.4, -0.2) is 30.1 Å². The number of carbonyl (C=O) groups excluding carboxylic acids is 2. The molecule has 0 amide bonds. The van der Waals surface area contributed by atoms with Crippen molar-refractivity contribution in [2.24, 2.45) is 5.92 Å². The van der Waals surface area contributed by atoms with Gasteiger partial charge in [0.05, 0.1) is 6.61 Å². The first-order valence-corrected chi connectivity index (χ1v) is 9.50. The third-order valence-corrected chi connectivity index (χ3v) is 4.27. The highest BCUT2D eigenvalue weighted by Crippen LogP contribution is 2.17. The molecule has 0 radical (unpaired) electrons. The molecule has 0 rings (SSSR count). The van der Waals surface area contributed by atoms with Crippen LogP contribution in [0.2, 0.25) is 0 Å². The summed E-state index contributed by atoms with van der Waals surface area (Å²) >= 11 is 0. The molecule has 4 heteroatoms. The summed E-state index contributed by atoms with van der Waals surface area (Å²) in [6.07, 6.45) is 10.7. The Labute approximate surface area is 159 Å². The zero-order valence-corrected chi connectivity index (χ0v) is 17.1. The number of carbonyl (C=O) groups is 2. The molecule has 0 fully saturated rings. The molecule has 0 saturated heterocycles. The van der Waals surface area contributed by atoms with E-state index in [4.69, 9.17) is 9.84 Å². The fourth-order valence-corrected chi connectivity index (χ4v) is 2.49. The third-order valence-electron chi connectivity index (χ3n) is 4.27. The molecule has 0 saturated carbocycles. The van der Waals surface area contributed by atoms with Gasteiger partial charge in [-0.15, -0.1) is 0 Å². The molecule has 0 aliphatic heterocycles. The Hall–Kier alpha value is -1.68. The van der Waals surface area contributed by atoms with E-state index >= 15 is 0 Å². The van der Waals surface area contributed by atoms with E-state index < -0.39 is 0 Å². The number of ketones is 1. The van der Waals surface area contributed by atoms with Gasteiger partial charge >= 0.3 is 5.97 Å². The smallest absolute Gasteiger partial charge is 0.302 e. The second-order valence-corrected chi connectivity index (χ2v) is 7.16. The van der Waals surface area contributed by atoms with Crippen LogP contribution in [0.15, 0.2) is 34.9 Å². The summed E-state index contributed by atoms with van der Waals surface area (Å²) in [6, 6.07) is 0. The van der Waals surface area contributed by atoms with Crippen LogP contribution in [-0.2, 0) is 14.3 Å². The first-order valence-electron chi connectivity index (χ1n) is 9.50. The molecule has 0 aliphatic carbocycles. The zero-order valence-electron chi connectivity index (χ0n) is 17.1. The highest BCUT2D eigenvalue weighted by Gasteiger charge is 2.12. The molecule has 0 heterocycles. The normalized spacial score (nSPS) is 13.3. The lowest BCUT2D eigenvalue weighted by Gasteiger charge is -2.12. The Kier molecular flexibility index (Phi) is 13.5. The van der Waals surface area contributed by atoms with Gasteiger partial charge in [0, 0.05) is 19.3 Å². The average molecular weight is 365 g/mol. The van der Waals surface area contributed by atoms with Crippen molar-refractivity contribution in [1.82, 2.24) is 0 Å². The zero-order chi connectivity index (χ0) is 19.9. The molecule has 26 heavy (non-hydrogen) atoms. The maximum absolute atomic E-state index is 12.1. The maximum atomic E-state index is 12.1. The van der Waals surface area contributed by atoms with Gasteiger partial charge in [0.15, 0.2) is 0 Å². The quantitative estimate of drug-likeness (QED) is 0.372. The van der Waals surface area contributed by atoms with E-state index in [0.29, 0.717) is 13.0 Å². The molecule has 0 spiro atoms. The van der Waals surface area contributed by atoms with E-state index in [9.17, 15) is 9.59 Å². The molecule has 0 aromatic carbocycles. The second kappa shape index (κ2) is 14.5. The van der Waals surface area contributed by atoms with Gasteiger partial charge < -0.3 is 9.84 Å². The minimum absolute atomic E-state index is 0.0512. The minimum Gasteiger partial charge on any atom is -0.461 e. The standard InChI is InChI=1S/C22H36O4/c1-17(2)12-13-22(25)19(4)9-7-11-21(16-26-20(5)24)10-6-8-18(3)14-15-23/h10,12,14,19,23H,6-9,11,13,15-16H2,1-5H3. The Balaban J connectivity index is 4.48. The molecular formula is C22H36O4. The minimum atomic E-state index is -0.280. The molecular weight excluding hydrogens is 328 g/mol. The van der Waals surface area contributed by atoms with E-state index in [0.717, 1.165) is 43.3 Å². The Morgan fingerprint density at radius 1 is 1.04 bits per heavy atom. The van der Waals surface area contributed by atoms with Crippen LogP contribution < -0.4 is 0 Å². The highest BCUT2D eigenvalue weighted by atomic mass is 16.5. The summed E-state index contributed by atoms with van der Waals surface area (Å²) in [6.45, 7) is 9.78. The number of aliphatic hydroxyl groups excluding tert-OH is 1. The summed E-state index contributed by atoms with van der Waals surface area (Å²) in [4.78, 5) is 23.2. The summed E-state index contributed by atoms with van der Waals surface area (Å²) in [5.41, 5.74) is 3.41. The van der Waals surface area contributed by atoms with Crippen molar-refractivity contribution in [1.29, 1.82) is 0 Å². The molecule has 1 N–H and O–H groups in total. The van der Waals surface area contributed by atoms with Crippen LogP contribution in [0.4, 0.5) is 0 Å². The van der Waals surface area contributed by atoms with E-state index in [-0.39, 0.29) is 24.3 Å². The largest absolute Gasteiger partial charge is 0.461 e. The van der Waals surface area contributed by atoms with Crippen molar-refractivity contribution in [3.63, 3.8) is 0 Å². The fraction of sp³-hybridized carbons (Fsp3) is 0.636. The number of allylic oxidation sites excluding steroid dienone is 4. The third kappa shape index (κ3) is 13.6. The summed E-state index contributed by atoms with van der Waals surface area (Å²) in [5, 5.41) is 8.89. The number of hydrogen-bond donors (Lipinski definition) is 1. The Morgan fingerprint density at radius 3 is 2.31 bits per heavy atom. The van der Waals surface area contributed by atoms with Crippen LogP contribution >= 0.6 is 0 Å². The number of rotatable bonds is 13. The van der Waals surface area contributed by atoms with Gasteiger partial charge in [-0.05, 0) is 58.4 Å². The lowest BCUT2D eigenvalue weighted by molar-refractivity contribution is -0.140. The summed E-state index contributed by atoms with van der Waals surface area (Å²) < 4.78 is 5.14. The number of ether oxygens (including phenoxy) is 1. The molecule has 0 aromatic heterocycles. The Morgan fingerprint density at radius 2 is 1.73 bits per heavy atom. The van der Waals surface area contributed by atoms with Crippen LogP contribution in [0.25, 0.3) is 0 Å². The summed E-state index contributed by atoms with van der Waals surface area (Å²) in [5.74, 6) is 0.0503. The van der Waals surface area contributed by atoms with Crippen molar-refractivity contribution < 1.29 is 19.4 Å². The van der Waals surface area contributed by atoms with Crippen molar-refractivity contribution in [3.8, 4) is 0 Å². The van der Waals surface area contributed by atoms with Crippen LogP contribution in [0.5, 0.6) is 0 Å². The molecule has 0 aliphatic rings. The Bertz CT molecular complexity index is 522. The SMILES string of the molecule is CC(=O)OCC(=CCCC(C)=CCO)CCCC(C)C(=O)CC=C(C)C. The number of hydrogen-bond acceptors (Lipinski definition) is 4. The maximum Gasteiger partial charge on any atom is 0.302 e. The fourth-order valence-electron chi connectivity index (χ4n) is 2.49. The lowest BCUT2D eigenvalue weighted by Crippen LogP contribution is -2.10.